The van der Waals surface area contributed by atoms with E-state index in [1.165, 1.54) is 84.2 Å². The third-order valence-electron chi connectivity index (χ3n) is 4.08. The first-order valence-corrected chi connectivity index (χ1v) is 10.8. The first-order chi connectivity index (χ1) is 10.1. The molecule has 0 aliphatic rings. The average Bonchev–Trinajstić information content (AvgIpc) is 2.47. The van der Waals surface area contributed by atoms with Gasteiger partial charge in [-0.25, -0.2) is 0 Å². The van der Waals surface area contributed by atoms with Crippen molar-refractivity contribution in [2.45, 2.75) is 96.8 Å². The first kappa shape index (κ1) is 24.4. The van der Waals surface area contributed by atoms with Crippen LogP contribution in [0, 0.1) is 0 Å². The molecule has 22 heavy (non-hydrogen) atoms. The summed E-state index contributed by atoms with van der Waals surface area (Å²) >= 11 is 0. The van der Waals surface area contributed by atoms with E-state index in [1.54, 1.807) is 0 Å². The minimum atomic E-state index is -3.26. The predicted octanol–water partition coefficient (Wildman–Crippen LogP) is 6.46. The maximum absolute atomic E-state index is 11.2. The summed E-state index contributed by atoms with van der Waals surface area (Å²) in [6.45, 7) is 2.26. The van der Waals surface area contributed by atoms with Gasteiger partial charge in [-0.1, -0.05) is 90.4 Å². The van der Waals surface area contributed by atoms with E-state index in [0.29, 0.717) is 6.16 Å². The highest BCUT2D eigenvalue weighted by Gasteiger charge is 2.15. The number of unbranched alkanes of at least 4 members (excludes halogenated alkanes) is 13. The lowest BCUT2D eigenvalue weighted by molar-refractivity contribution is 0.314. The van der Waals surface area contributed by atoms with E-state index in [9.17, 15) is 9.46 Å². The highest BCUT2D eigenvalue weighted by molar-refractivity contribution is 7.52. The van der Waals surface area contributed by atoms with Crippen molar-refractivity contribution < 1.29 is 14.0 Å². The van der Waals surface area contributed by atoms with E-state index in [-0.39, 0.29) is 6.15 Å². The Bertz CT molecular complexity index is 262. The van der Waals surface area contributed by atoms with Gasteiger partial charge in [-0.3, -0.25) is 4.57 Å². The van der Waals surface area contributed by atoms with Crippen molar-refractivity contribution in [2.24, 2.45) is 0 Å². The Kier molecular flexibility index (Phi) is 19.3. The molecule has 0 rings (SSSR count). The zero-order chi connectivity index (χ0) is 15.8. The highest BCUT2D eigenvalue weighted by Crippen LogP contribution is 2.41. The Morgan fingerprint density at radius 3 is 1.36 bits per heavy atom. The lowest BCUT2D eigenvalue weighted by atomic mass is 10.0. The highest BCUT2D eigenvalue weighted by atomic mass is 31.2. The van der Waals surface area contributed by atoms with Crippen LogP contribution >= 0.6 is 7.60 Å². The second-order valence-corrected chi connectivity index (χ2v) is 8.23. The van der Waals surface area contributed by atoms with Gasteiger partial charge in [-0.05, 0) is 6.42 Å². The zero-order valence-electron chi connectivity index (χ0n) is 15.0. The van der Waals surface area contributed by atoms with Gasteiger partial charge < -0.3 is 15.6 Å². The van der Waals surface area contributed by atoms with Crippen LogP contribution in [-0.4, -0.2) is 18.2 Å². The quantitative estimate of drug-likeness (QED) is 0.250. The van der Waals surface area contributed by atoms with Crippen LogP contribution < -0.4 is 6.15 Å². The van der Waals surface area contributed by atoms with Crippen LogP contribution in [0.4, 0.5) is 0 Å². The van der Waals surface area contributed by atoms with E-state index in [0.717, 1.165) is 12.8 Å². The zero-order valence-corrected chi connectivity index (χ0v) is 15.9. The van der Waals surface area contributed by atoms with Gasteiger partial charge in [-0.2, -0.15) is 0 Å². The fourth-order valence-electron chi connectivity index (χ4n) is 2.60. The average molecular weight is 337 g/mol. The van der Waals surface area contributed by atoms with Crippen LogP contribution in [0.2, 0.25) is 0 Å². The third kappa shape index (κ3) is 18.2. The molecule has 0 aromatic heterocycles. The van der Waals surface area contributed by atoms with Gasteiger partial charge in [0.05, 0.1) is 0 Å². The molecule has 0 spiro atoms. The molecule has 4 nitrogen and oxygen atoms in total. The predicted molar refractivity (Wildman–Crippen MR) is 97.0 cm³/mol. The smallest absolute Gasteiger partial charge is 0.327 e. The summed E-state index contributed by atoms with van der Waals surface area (Å²) in [6.07, 6.45) is 18.4. The van der Waals surface area contributed by atoms with Crippen molar-refractivity contribution >= 4 is 7.60 Å². The normalized spacial score (nSPS) is 13.6. The lowest BCUT2D eigenvalue weighted by Crippen LogP contribution is -1.91. The summed E-state index contributed by atoms with van der Waals surface area (Å²) in [6, 6.07) is 0. The maximum Gasteiger partial charge on any atom is 0.327 e. The van der Waals surface area contributed by atoms with E-state index in [2.05, 4.69) is 11.4 Å². The Hall–Kier alpha value is 0.110. The second-order valence-electron chi connectivity index (χ2n) is 6.14. The van der Waals surface area contributed by atoms with Crippen molar-refractivity contribution in [3.05, 3.63) is 0 Å². The van der Waals surface area contributed by atoms with Gasteiger partial charge in [-0.15, -0.1) is 0 Å². The topological polar surface area (TPSA) is 81.5 Å². The molecule has 0 amide bonds. The van der Waals surface area contributed by atoms with Crippen LogP contribution in [0.3, 0.4) is 0 Å². The molecular weight excluding hydrogens is 297 g/mol. The summed E-state index contributed by atoms with van der Waals surface area (Å²) in [7, 11) is -1.95. The van der Waals surface area contributed by atoms with E-state index in [1.807, 2.05) is 0 Å². The molecule has 0 heterocycles. The maximum atomic E-state index is 11.2. The van der Waals surface area contributed by atoms with Crippen molar-refractivity contribution in [3.63, 3.8) is 0 Å². The molecule has 1 unspecified atom stereocenters. The van der Waals surface area contributed by atoms with E-state index in [4.69, 9.17) is 0 Å². The molecule has 4 N–H and O–H groups in total. The van der Waals surface area contributed by atoms with E-state index < -0.39 is 7.60 Å². The number of rotatable bonds is 16. The fraction of sp³-hybridized carbons (Fsp3) is 1.00. The monoisotopic (exact) mass is 337 g/mol. The second kappa shape index (κ2) is 17.5. The lowest BCUT2D eigenvalue weighted by Gasteiger charge is -2.07. The first-order valence-electron chi connectivity index (χ1n) is 9.00. The summed E-state index contributed by atoms with van der Waals surface area (Å²) in [4.78, 5) is 9.25. The molecule has 0 saturated heterocycles. The SMILES string of the molecule is CCCCCCCCCCCCCCCCP(=O)(O)OC.N. The molecule has 0 aromatic rings. The molecule has 0 aliphatic heterocycles. The Morgan fingerprint density at radius 2 is 1.05 bits per heavy atom. The van der Waals surface area contributed by atoms with E-state index >= 15 is 0 Å². The molecular formula is C17H40NO3P. The summed E-state index contributed by atoms with van der Waals surface area (Å²) < 4.78 is 15.8. The van der Waals surface area contributed by atoms with Crippen LogP contribution in [0.1, 0.15) is 96.8 Å². The summed E-state index contributed by atoms with van der Waals surface area (Å²) in [5.41, 5.74) is 0. The molecule has 5 heteroatoms. The van der Waals surface area contributed by atoms with Gasteiger partial charge in [0.1, 0.15) is 0 Å². The largest absolute Gasteiger partial charge is 0.344 e. The Labute approximate surface area is 138 Å². The minimum absolute atomic E-state index is 0. The van der Waals surface area contributed by atoms with Gasteiger partial charge in [0.2, 0.25) is 0 Å². The summed E-state index contributed by atoms with van der Waals surface area (Å²) in [5.74, 6) is 0. The van der Waals surface area contributed by atoms with Gasteiger partial charge in [0, 0.05) is 13.3 Å². The van der Waals surface area contributed by atoms with Crippen molar-refractivity contribution in [1.82, 2.24) is 6.15 Å². The van der Waals surface area contributed by atoms with Gasteiger partial charge >= 0.3 is 7.60 Å². The standard InChI is InChI=1S/C17H37O3P.H3N/c1-3-4-5-6-7-8-9-10-11-12-13-14-15-16-17-21(18,19)20-2;/h3-17H2,1-2H3,(H,18,19);1H3. The number of hydrogen-bond acceptors (Lipinski definition) is 3. The summed E-state index contributed by atoms with van der Waals surface area (Å²) in [5, 5.41) is 0. The molecule has 0 radical (unpaired) electrons. The third-order valence-corrected chi connectivity index (χ3v) is 5.53. The van der Waals surface area contributed by atoms with Crippen molar-refractivity contribution in [1.29, 1.82) is 0 Å². The van der Waals surface area contributed by atoms with Crippen molar-refractivity contribution in [2.75, 3.05) is 13.3 Å². The van der Waals surface area contributed by atoms with Crippen LogP contribution in [0.5, 0.6) is 0 Å². The molecule has 0 aliphatic carbocycles. The molecule has 0 bridgehead atoms. The Balaban J connectivity index is 0. The Morgan fingerprint density at radius 1 is 0.727 bits per heavy atom. The molecule has 0 aromatic carbocycles. The van der Waals surface area contributed by atoms with Gasteiger partial charge in [0.25, 0.3) is 0 Å². The molecule has 1 atom stereocenters. The molecule has 0 fully saturated rings. The fourth-order valence-corrected chi connectivity index (χ4v) is 3.40. The van der Waals surface area contributed by atoms with Crippen LogP contribution in [-0.2, 0) is 9.09 Å². The van der Waals surface area contributed by atoms with Crippen LogP contribution in [0.25, 0.3) is 0 Å². The molecule has 0 saturated carbocycles. The van der Waals surface area contributed by atoms with Gasteiger partial charge in [0.15, 0.2) is 0 Å². The number of hydrogen-bond donors (Lipinski definition) is 2. The van der Waals surface area contributed by atoms with Crippen LogP contribution in [0.15, 0.2) is 0 Å². The van der Waals surface area contributed by atoms with Crippen molar-refractivity contribution in [3.8, 4) is 0 Å². The molecule has 136 valence electrons. The minimum Gasteiger partial charge on any atom is -0.344 e.